The van der Waals surface area contributed by atoms with Gasteiger partial charge in [0.05, 0.1) is 37.8 Å². The highest BCUT2D eigenvalue weighted by Crippen LogP contribution is 2.34. The molecule has 1 heterocycles. The quantitative estimate of drug-likeness (QED) is 0.524. The maximum absolute atomic E-state index is 13.6. The van der Waals surface area contributed by atoms with Crippen LogP contribution in [0.25, 0.3) is 0 Å². The van der Waals surface area contributed by atoms with Gasteiger partial charge in [-0.2, -0.15) is 0 Å². The number of amides is 1. The number of likely N-dealkylation sites (tertiary alicyclic amines) is 1. The fourth-order valence-electron chi connectivity index (χ4n) is 3.89. The molecule has 1 amide bonds. The van der Waals surface area contributed by atoms with Crippen molar-refractivity contribution in [2.75, 3.05) is 45.3 Å². The van der Waals surface area contributed by atoms with Crippen LogP contribution < -0.4 is 13.8 Å². The molecule has 0 atom stereocenters. The van der Waals surface area contributed by atoms with Crippen molar-refractivity contribution in [3.63, 3.8) is 0 Å². The molecule has 0 unspecified atom stereocenters. The van der Waals surface area contributed by atoms with E-state index in [4.69, 9.17) is 14.2 Å². The second-order valence-electron chi connectivity index (χ2n) is 8.04. The Morgan fingerprint density at radius 1 is 0.971 bits per heavy atom. The Kier molecular flexibility index (Phi) is 8.03. The molecule has 0 N–H and O–H groups in total. The van der Waals surface area contributed by atoms with E-state index in [9.17, 15) is 18.0 Å². The highest BCUT2D eigenvalue weighted by Gasteiger charge is 2.32. The summed E-state index contributed by atoms with van der Waals surface area (Å²) in [5.74, 6) is -0.118. The summed E-state index contributed by atoms with van der Waals surface area (Å²) in [7, 11) is 0.223. The molecular formula is C24H30N2O7S. The van der Waals surface area contributed by atoms with Gasteiger partial charge in [-0.15, -0.1) is 0 Å². The topological polar surface area (TPSA) is 102 Å². The van der Waals surface area contributed by atoms with Gasteiger partial charge in [0.2, 0.25) is 5.91 Å². The Morgan fingerprint density at radius 3 is 2.15 bits per heavy atom. The minimum Gasteiger partial charge on any atom is -0.493 e. The van der Waals surface area contributed by atoms with Gasteiger partial charge in [-0.25, -0.2) is 8.42 Å². The first kappa shape index (κ1) is 25.4. The Morgan fingerprint density at radius 2 is 1.59 bits per heavy atom. The molecule has 0 saturated carbocycles. The van der Waals surface area contributed by atoms with Crippen molar-refractivity contribution in [1.29, 1.82) is 0 Å². The van der Waals surface area contributed by atoms with Crippen molar-refractivity contribution in [1.82, 2.24) is 4.90 Å². The summed E-state index contributed by atoms with van der Waals surface area (Å²) in [4.78, 5) is 26.6. The monoisotopic (exact) mass is 490 g/mol. The van der Waals surface area contributed by atoms with Gasteiger partial charge < -0.3 is 19.1 Å². The van der Waals surface area contributed by atoms with Crippen molar-refractivity contribution in [2.24, 2.45) is 5.92 Å². The van der Waals surface area contributed by atoms with Crippen LogP contribution in [0.3, 0.4) is 0 Å². The molecule has 1 aliphatic heterocycles. The highest BCUT2D eigenvalue weighted by atomic mass is 32.2. The number of carbonyl (C=O) groups is 2. The van der Waals surface area contributed by atoms with Crippen molar-refractivity contribution in [3.8, 4) is 11.5 Å². The molecule has 0 aliphatic carbocycles. The van der Waals surface area contributed by atoms with Crippen LogP contribution in [0.4, 0.5) is 5.69 Å². The third-order valence-corrected chi connectivity index (χ3v) is 7.71. The van der Waals surface area contributed by atoms with Gasteiger partial charge in [0.15, 0.2) is 11.5 Å². The first-order chi connectivity index (χ1) is 16.2. The van der Waals surface area contributed by atoms with Crippen LogP contribution in [-0.4, -0.2) is 66.2 Å². The lowest BCUT2D eigenvalue weighted by Gasteiger charge is -2.33. The molecule has 2 aromatic rings. The summed E-state index contributed by atoms with van der Waals surface area (Å²) in [6, 6.07) is 11.1. The zero-order valence-corrected chi connectivity index (χ0v) is 20.6. The maximum Gasteiger partial charge on any atom is 0.308 e. The van der Waals surface area contributed by atoms with E-state index >= 15 is 0 Å². The summed E-state index contributed by atoms with van der Waals surface area (Å²) in [6.07, 6.45) is 0.943. The van der Waals surface area contributed by atoms with Gasteiger partial charge in [0.1, 0.15) is 6.54 Å². The average molecular weight is 491 g/mol. The Labute approximate surface area is 200 Å². The lowest BCUT2D eigenvalue weighted by molar-refractivity contribution is -0.148. The largest absolute Gasteiger partial charge is 0.493 e. The molecule has 0 radical (unpaired) electrons. The summed E-state index contributed by atoms with van der Waals surface area (Å²) < 4.78 is 43.7. The SMILES string of the molecule is COC(=O)C1CCN(C(=O)CN(c2ccc(OC)c(OC)c2)S(=O)(=O)c2ccc(C)cc2)CC1. The average Bonchev–Trinajstić information content (AvgIpc) is 2.86. The standard InChI is InChI=1S/C24H30N2O7S/c1-17-5-8-20(9-6-17)34(29,30)26(19-7-10-21(31-2)22(15-19)32-3)16-23(27)25-13-11-18(12-14-25)24(28)33-4/h5-10,15,18H,11-14,16H2,1-4H3. The molecule has 0 aromatic heterocycles. The smallest absolute Gasteiger partial charge is 0.308 e. The van der Waals surface area contributed by atoms with Crippen LogP contribution in [0.15, 0.2) is 47.4 Å². The summed E-state index contributed by atoms with van der Waals surface area (Å²) in [6.45, 7) is 2.17. The van der Waals surface area contributed by atoms with Crippen LogP contribution in [0.2, 0.25) is 0 Å². The minimum absolute atomic E-state index is 0.0742. The zero-order valence-electron chi connectivity index (χ0n) is 19.8. The van der Waals surface area contributed by atoms with E-state index in [0.29, 0.717) is 37.4 Å². The number of rotatable bonds is 8. The highest BCUT2D eigenvalue weighted by molar-refractivity contribution is 7.92. The summed E-state index contributed by atoms with van der Waals surface area (Å²) in [5, 5.41) is 0. The Balaban J connectivity index is 1.92. The van der Waals surface area contributed by atoms with Crippen LogP contribution in [0.1, 0.15) is 18.4 Å². The number of benzene rings is 2. The molecule has 1 fully saturated rings. The van der Waals surface area contributed by atoms with E-state index in [2.05, 4.69) is 0 Å². The fourth-order valence-corrected chi connectivity index (χ4v) is 5.29. The second-order valence-corrected chi connectivity index (χ2v) is 9.90. The number of ether oxygens (including phenoxy) is 3. The van der Waals surface area contributed by atoms with Gasteiger partial charge in [-0.05, 0) is 44.0 Å². The predicted octanol–water partition coefficient (Wildman–Crippen LogP) is 2.62. The van der Waals surface area contributed by atoms with Gasteiger partial charge in [0, 0.05) is 19.2 Å². The van der Waals surface area contributed by atoms with E-state index in [1.54, 1.807) is 29.2 Å². The third kappa shape index (κ3) is 5.44. The number of aryl methyl sites for hydroxylation is 1. The third-order valence-electron chi connectivity index (χ3n) is 5.93. The van der Waals surface area contributed by atoms with Gasteiger partial charge in [-0.1, -0.05) is 17.7 Å². The molecule has 0 spiro atoms. The molecule has 1 aliphatic rings. The first-order valence-corrected chi connectivity index (χ1v) is 12.3. The van der Waals surface area contributed by atoms with Crippen molar-refractivity contribution >= 4 is 27.6 Å². The predicted molar refractivity (Wildman–Crippen MR) is 127 cm³/mol. The van der Waals surface area contributed by atoms with E-state index in [1.165, 1.54) is 39.5 Å². The fraction of sp³-hybridized carbons (Fsp3) is 0.417. The minimum atomic E-state index is -4.06. The van der Waals surface area contributed by atoms with Crippen molar-refractivity contribution in [3.05, 3.63) is 48.0 Å². The van der Waals surface area contributed by atoms with Crippen LogP contribution in [-0.2, 0) is 24.3 Å². The molecule has 184 valence electrons. The van der Waals surface area contributed by atoms with Crippen LogP contribution >= 0.6 is 0 Å². The second kappa shape index (κ2) is 10.8. The molecule has 10 heteroatoms. The Bertz CT molecular complexity index is 1120. The number of carbonyl (C=O) groups excluding carboxylic acids is 2. The normalized spacial score (nSPS) is 14.4. The number of methoxy groups -OCH3 is 3. The van der Waals surface area contributed by atoms with E-state index in [1.807, 2.05) is 6.92 Å². The van der Waals surface area contributed by atoms with Crippen molar-refractivity contribution < 1.29 is 32.2 Å². The number of esters is 1. The zero-order chi connectivity index (χ0) is 24.9. The summed E-state index contributed by atoms with van der Waals surface area (Å²) in [5.41, 5.74) is 1.19. The molecule has 0 bridgehead atoms. The number of sulfonamides is 1. The first-order valence-electron chi connectivity index (χ1n) is 10.9. The van der Waals surface area contributed by atoms with E-state index < -0.39 is 16.6 Å². The number of hydrogen-bond acceptors (Lipinski definition) is 7. The molecule has 1 saturated heterocycles. The number of hydrogen-bond donors (Lipinski definition) is 0. The van der Waals surface area contributed by atoms with E-state index in [-0.39, 0.29) is 28.4 Å². The van der Waals surface area contributed by atoms with Crippen LogP contribution in [0, 0.1) is 12.8 Å². The van der Waals surface area contributed by atoms with Gasteiger partial charge >= 0.3 is 5.97 Å². The number of anilines is 1. The number of nitrogens with zero attached hydrogens (tertiary/aromatic N) is 2. The molecule has 2 aromatic carbocycles. The van der Waals surface area contributed by atoms with Crippen LogP contribution in [0.5, 0.6) is 11.5 Å². The number of piperidine rings is 1. The molecule has 34 heavy (non-hydrogen) atoms. The maximum atomic E-state index is 13.6. The van der Waals surface area contributed by atoms with E-state index in [0.717, 1.165) is 9.87 Å². The van der Waals surface area contributed by atoms with Gasteiger partial charge in [0.25, 0.3) is 10.0 Å². The lowest BCUT2D eigenvalue weighted by Crippen LogP contribution is -2.46. The van der Waals surface area contributed by atoms with Crippen molar-refractivity contribution in [2.45, 2.75) is 24.7 Å². The molecule has 9 nitrogen and oxygen atoms in total. The molecule has 3 rings (SSSR count). The van der Waals surface area contributed by atoms with Gasteiger partial charge in [-0.3, -0.25) is 13.9 Å². The Hall–Kier alpha value is -3.27. The lowest BCUT2D eigenvalue weighted by atomic mass is 9.97. The molecular weight excluding hydrogens is 460 g/mol. The summed E-state index contributed by atoms with van der Waals surface area (Å²) >= 11 is 0.